The van der Waals surface area contributed by atoms with E-state index in [2.05, 4.69) is 10.4 Å². The molecule has 3 aromatic rings. The highest BCUT2D eigenvalue weighted by Gasteiger charge is 2.56. The lowest BCUT2D eigenvalue weighted by Crippen LogP contribution is -2.62. The maximum absolute atomic E-state index is 15.6. The van der Waals surface area contributed by atoms with E-state index in [-0.39, 0.29) is 22.4 Å². The summed E-state index contributed by atoms with van der Waals surface area (Å²) in [5.74, 6) is -4.34. The van der Waals surface area contributed by atoms with Crippen molar-refractivity contribution in [1.29, 1.82) is 0 Å². The Labute approximate surface area is 328 Å². The minimum Gasteiger partial charge on any atom is -0.465 e. The van der Waals surface area contributed by atoms with Crippen molar-refractivity contribution < 1.29 is 63.7 Å². The van der Waals surface area contributed by atoms with Crippen LogP contribution in [-0.4, -0.2) is 86.7 Å². The average Bonchev–Trinajstić information content (AvgIpc) is 3.57. The summed E-state index contributed by atoms with van der Waals surface area (Å²) in [6.45, 7) is -2.74. The fraction of sp³-hybridized carbons (Fsp3) is 0.500. The first-order chi connectivity index (χ1) is 25.6. The van der Waals surface area contributed by atoms with Gasteiger partial charge in [0, 0.05) is 52.6 Å². The lowest BCUT2D eigenvalue weighted by atomic mass is 9.83. The number of rotatable bonds is 17. The number of aliphatic hydroxyl groups excluding tert-OH is 1. The van der Waals surface area contributed by atoms with E-state index in [1.54, 1.807) is 24.3 Å². The van der Waals surface area contributed by atoms with Crippen LogP contribution in [0.4, 0.5) is 48.7 Å². The molecule has 2 aromatic carbocycles. The predicted octanol–water partition coefficient (Wildman–Crippen LogP) is 6.36. The average molecular weight is 928 g/mol. The number of hydrazine groups is 1. The monoisotopic (exact) mass is 927 g/mol. The molecule has 0 radical (unpaired) electrons. The molecular formula is C34H40F10IN7O4. The van der Waals surface area contributed by atoms with Crippen LogP contribution in [0.3, 0.4) is 0 Å². The van der Waals surface area contributed by atoms with E-state index in [9.17, 15) is 54.9 Å². The molecule has 0 spiro atoms. The maximum Gasteiger partial charge on any atom is 0.405 e. The van der Waals surface area contributed by atoms with E-state index >= 15 is 8.78 Å². The fourth-order valence-corrected chi connectivity index (χ4v) is 5.60. The van der Waals surface area contributed by atoms with Crippen LogP contribution in [0.1, 0.15) is 45.4 Å². The fourth-order valence-electron chi connectivity index (χ4n) is 5.24. The Bertz CT molecular complexity index is 1780. The largest absolute Gasteiger partial charge is 0.465 e. The standard InChI is InChI=1S/C34H40F10IN7O4/c1-31(2,33(39,40)41)26(46)14-47-24(11-17-5-7-19(45)8-6-17)25(53)16-51(50-28(54)27(48-30(55)56)32(3,4)34(42,43)44)15-20-21(35)12-18(13-22(20)36)23-9-10-52(49-23)29(37)38/h5-10,12-13,24-27,29,47-48,53H,11,14-16,46H2,1-4H3,(H,50,54)(H,55,56)/t24-,25-,26+,27+/m0/s1. The van der Waals surface area contributed by atoms with Gasteiger partial charge >= 0.3 is 25.0 Å². The summed E-state index contributed by atoms with van der Waals surface area (Å²) in [5.41, 5.74) is 1.57. The first-order valence-electron chi connectivity index (χ1n) is 16.6. The lowest BCUT2D eigenvalue weighted by Gasteiger charge is -2.37. The van der Waals surface area contributed by atoms with Crippen LogP contribution in [0.25, 0.3) is 11.3 Å². The van der Waals surface area contributed by atoms with Crippen LogP contribution in [0.15, 0.2) is 48.7 Å². The van der Waals surface area contributed by atoms with Crippen molar-refractivity contribution in [2.75, 3.05) is 13.1 Å². The van der Waals surface area contributed by atoms with Crippen molar-refractivity contribution in [3.8, 4) is 11.3 Å². The predicted molar refractivity (Wildman–Crippen MR) is 191 cm³/mol. The van der Waals surface area contributed by atoms with E-state index in [1.807, 2.05) is 28.0 Å². The van der Waals surface area contributed by atoms with E-state index in [4.69, 9.17) is 5.73 Å². The number of carbonyl (C=O) groups excluding carboxylic acids is 1. The highest BCUT2D eigenvalue weighted by atomic mass is 127. The van der Waals surface area contributed by atoms with Gasteiger partial charge in [0.25, 0.3) is 5.91 Å². The number of hydrogen-bond donors (Lipinski definition) is 6. The summed E-state index contributed by atoms with van der Waals surface area (Å²) in [4.78, 5) is 25.0. The number of nitrogens with one attached hydrogen (secondary N) is 3. The van der Waals surface area contributed by atoms with Crippen LogP contribution in [0.5, 0.6) is 0 Å². The highest BCUT2D eigenvalue weighted by molar-refractivity contribution is 14.1. The van der Waals surface area contributed by atoms with Gasteiger partial charge in [-0.3, -0.25) is 10.2 Å². The number of aromatic nitrogens is 2. The number of carboxylic acid groups (broad SMARTS) is 1. The van der Waals surface area contributed by atoms with Gasteiger partial charge in [-0.15, -0.1) is 0 Å². The Morgan fingerprint density at radius 2 is 1.50 bits per heavy atom. The molecule has 1 heterocycles. The van der Waals surface area contributed by atoms with Gasteiger partial charge in [0.1, 0.15) is 17.7 Å². The molecule has 0 aliphatic carbocycles. The lowest BCUT2D eigenvalue weighted by molar-refractivity contribution is -0.221. The molecule has 22 heteroatoms. The Morgan fingerprint density at radius 1 is 0.946 bits per heavy atom. The molecule has 312 valence electrons. The Hall–Kier alpha value is -3.74. The molecule has 11 nitrogen and oxygen atoms in total. The summed E-state index contributed by atoms with van der Waals surface area (Å²) < 4.78 is 142. The number of nitrogens with two attached hydrogens (primary N) is 1. The number of alkyl halides is 8. The van der Waals surface area contributed by atoms with Gasteiger partial charge in [-0.2, -0.15) is 40.2 Å². The van der Waals surface area contributed by atoms with Crippen LogP contribution < -0.4 is 21.8 Å². The van der Waals surface area contributed by atoms with Crippen molar-refractivity contribution in [2.45, 2.75) is 83.8 Å². The first kappa shape index (κ1) is 46.6. The highest BCUT2D eigenvalue weighted by Crippen LogP contribution is 2.41. The zero-order valence-electron chi connectivity index (χ0n) is 30.1. The Kier molecular flexibility index (Phi) is 15.2. The molecular weight excluding hydrogens is 887 g/mol. The van der Waals surface area contributed by atoms with Crippen LogP contribution in [-0.2, 0) is 17.8 Å². The number of carbonyl (C=O) groups is 2. The Balaban J connectivity index is 2.06. The van der Waals surface area contributed by atoms with Gasteiger partial charge in [0.15, 0.2) is 0 Å². The van der Waals surface area contributed by atoms with Gasteiger partial charge in [-0.05, 0) is 92.6 Å². The van der Waals surface area contributed by atoms with Gasteiger partial charge in [0.05, 0.1) is 22.6 Å². The molecule has 0 bridgehead atoms. The van der Waals surface area contributed by atoms with Gasteiger partial charge in [0.2, 0.25) is 0 Å². The van der Waals surface area contributed by atoms with E-state index in [0.29, 0.717) is 36.6 Å². The molecule has 3 rings (SSSR count). The van der Waals surface area contributed by atoms with E-state index in [0.717, 1.165) is 29.7 Å². The third kappa shape index (κ3) is 11.7. The number of halogens is 11. The minimum absolute atomic E-state index is 0.105. The quantitative estimate of drug-likeness (QED) is 0.0519. The van der Waals surface area contributed by atoms with Crippen molar-refractivity contribution in [3.63, 3.8) is 0 Å². The van der Waals surface area contributed by atoms with Gasteiger partial charge < -0.3 is 26.6 Å². The van der Waals surface area contributed by atoms with Crippen LogP contribution in [0.2, 0.25) is 0 Å². The molecule has 0 saturated heterocycles. The summed E-state index contributed by atoms with van der Waals surface area (Å²) in [6.07, 6.45) is -13.0. The molecule has 7 N–H and O–H groups in total. The van der Waals surface area contributed by atoms with Crippen molar-refractivity contribution in [1.82, 2.24) is 30.8 Å². The number of hydrogen-bond acceptors (Lipinski definition) is 7. The zero-order chi connectivity index (χ0) is 42.6. The molecule has 2 amide bonds. The van der Waals surface area contributed by atoms with Crippen LogP contribution in [0, 0.1) is 26.0 Å². The van der Waals surface area contributed by atoms with Crippen molar-refractivity contribution >= 4 is 34.6 Å². The van der Waals surface area contributed by atoms with E-state index < -0.39 is 103 Å². The van der Waals surface area contributed by atoms with E-state index in [1.165, 1.54) is 5.32 Å². The molecule has 56 heavy (non-hydrogen) atoms. The second-order valence-corrected chi connectivity index (χ2v) is 15.3. The normalized spacial score (nSPS) is 15.1. The molecule has 0 unspecified atom stereocenters. The number of benzene rings is 2. The first-order valence-corrected chi connectivity index (χ1v) is 17.6. The number of amides is 2. The molecule has 4 atom stereocenters. The summed E-state index contributed by atoms with van der Waals surface area (Å²) >= 11 is 2.02. The molecule has 0 aliphatic heterocycles. The second kappa shape index (κ2) is 18.2. The number of nitrogens with zero attached hydrogens (tertiary/aromatic N) is 3. The third-order valence-electron chi connectivity index (χ3n) is 9.34. The van der Waals surface area contributed by atoms with Crippen molar-refractivity contribution in [2.24, 2.45) is 16.6 Å². The Morgan fingerprint density at radius 3 is 1.98 bits per heavy atom. The minimum atomic E-state index is -5.18. The summed E-state index contributed by atoms with van der Waals surface area (Å²) in [5, 5.41) is 29.2. The van der Waals surface area contributed by atoms with Gasteiger partial charge in [-0.1, -0.05) is 12.1 Å². The summed E-state index contributed by atoms with van der Waals surface area (Å²) in [7, 11) is 0. The molecule has 0 saturated carbocycles. The topological polar surface area (TPSA) is 158 Å². The smallest absolute Gasteiger partial charge is 0.405 e. The zero-order valence-corrected chi connectivity index (χ0v) is 32.3. The SMILES string of the molecule is CC(C)([C@H](N)CN[C@@H](Cc1ccc(I)cc1)[C@@H](O)CN(Cc1c(F)cc(-c2ccn(C(F)F)n2)cc1F)NC(=O)[C@@H](NC(=O)O)C(C)(C)C(F)(F)F)C(F)(F)F. The molecule has 1 aromatic heterocycles. The molecule has 0 aliphatic rings. The number of aliphatic hydroxyl groups is 1. The maximum atomic E-state index is 15.6. The second-order valence-electron chi connectivity index (χ2n) is 14.1. The van der Waals surface area contributed by atoms with Crippen molar-refractivity contribution in [3.05, 3.63) is 75.0 Å². The third-order valence-corrected chi connectivity index (χ3v) is 10.1. The molecule has 0 fully saturated rings. The van der Waals surface area contributed by atoms with Crippen LogP contribution >= 0.6 is 22.6 Å². The summed E-state index contributed by atoms with van der Waals surface area (Å²) in [6, 6.07) is 3.76. The van der Waals surface area contributed by atoms with Gasteiger partial charge in [-0.25, -0.2) is 23.3 Å².